The second kappa shape index (κ2) is 8.20. The summed E-state index contributed by atoms with van der Waals surface area (Å²) < 4.78 is 10.3. The molecule has 0 unspecified atom stereocenters. The van der Waals surface area contributed by atoms with Crippen LogP contribution in [0.3, 0.4) is 0 Å². The van der Waals surface area contributed by atoms with Gasteiger partial charge in [0.15, 0.2) is 0 Å². The Labute approximate surface area is 172 Å². The summed E-state index contributed by atoms with van der Waals surface area (Å²) in [5.74, 6) is -0.458. The molecule has 3 aromatic rings. The van der Waals surface area contributed by atoms with E-state index in [1.54, 1.807) is 49.6 Å². The topological polar surface area (TPSA) is 111 Å². The number of ether oxygens (including phenoxy) is 1. The van der Waals surface area contributed by atoms with Crippen molar-refractivity contribution >= 4 is 17.8 Å². The van der Waals surface area contributed by atoms with E-state index in [1.807, 2.05) is 0 Å². The van der Waals surface area contributed by atoms with Gasteiger partial charge in [0.05, 0.1) is 42.8 Å². The standard InChI is InChI=1S/C22H19N3O5/c1-2-29-22(28)16-11-23-17-12-25-21(27)19(17)18(16)13-5-7-14(8-6-13)20(26)24-10-15-4-3-9-30-15/h3-9,11H,2,10,12H2,1H3,(H,24,26)(H,25,27). The van der Waals surface area contributed by atoms with Gasteiger partial charge in [-0.25, -0.2) is 4.79 Å². The summed E-state index contributed by atoms with van der Waals surface area (Å²) in [6.07, 6.45) is 2.97. The molecule has 1 aromatic carbocycles. The number of nitrogens with one attached hydrogen (secondary N) is 2. The summed E-state index contributed by atoms with van der Waals surface area (Å²) in [5, 5.41) is 5.50. The number of hydrogen-bond donors (Lipinski definition) is 2. The first kappa shape index (κ1) is 19.4. The average Bonchev–Trinajstić information content (AvgIpc) is 3.42. The van der Waals surface area contributed by atoms with Crippen LogP contribution < -0.4 is 10.6 Å². The van der Waals surface area contributed by atoms with Gasteiger partial charge in [-0.2, -0.15) is 0 Å². The molecule has 2 N–H and O–H groups in total. The molecule has 30 heavy (non-hydrogen) atoms. The van der Waals surface area contributed by atoms with Crippen molar-refractivity contribution in [2.75, 3.05) is 6.61 Å². The second-order valence-corrected chi connectivity index (χ2v) is 6.61. The molecule has 8 heteroatoms. The molecule has 4 rings (SSSR count). The van der Waals surface area contributed by atoms with Gasteiger partial charge in [0.25, 0.3) is 11.8 Å². The Kier molecular flexibility index (Phi) is 5.30. The van der Waals surface area contributed by atoms with Crippen molar-refractivity contribution in [3.8, 4) is 11.1 Å². The molecule has 0 radical (unpaired) electrons. The number of carbonyl (C=O) groups excluding carboxylic acids is 3. The van der Waals surface area contributed by atoms with Crippen molar-refractivity contribution in [3.63, 3.8) is 0 Å². The van der Waals surface area contributed by atoms with Gasteiger partial charge in [-0.1, -0.05) is 12.1 Å². The van der Waals surface area contributed by atoms with Crippen LogP contribution in [-0.2, 0) is 17.8 Å². The highest BCUT2D eigenvalue weighted by Gasteiger charge is 2.29. The van der Waals surface area contributed by atoms with Gasteiger partial charge >= 0.3 is 5.97 Å². The van der Waals surface area contributed by atoms with Gasteiger partial charge in [-0.3, -0.25) is 14.6 Å². The Morgan fingerprint density at radius 3 is 2.70 bits per heavy atom. The molecular formula is C22H19N3O5. The van der Waals surface area contributed by atoms with Crippen molar-refractivity contribution in [1.29, 1.82) is 0 Å². The first-order valence-corrected chi connectivity index (χ1v) is 9.46. The normalized spacial score (nSPS) is 12.2. The molecule has 0 saturated carbocycles. The van der Waals surface area contributed by atoms with Gasteiger partial charge in [-0.15, -0.1) is 0 Å². The zero-order valence-corrected chi connectivity index (χ0v) is 16.2. The van der Waals surface area contributed by atoms with E-state index in [0.29, 0.717) is 40.3 Å². The minimum atomic E-state index is -0.553. The van der Waals surface area contributed by atoms with Gasteiger partial charge < -0.3 is 19.8 Å². The van der Waals surface area contributed by atoms with E-state index in [-0.39, 0.29) is 30.5 Å². The zero-order chi connectivity index (χ0) is 21.1. The van der Waals surface area contributed by atoms with Gasteiger partial charge in [-0.05, 0) is 36.8 Å². The maximum atomic E-state index is 12.5. The van der Waals surface area contributed by atoms with Crippen molar-refractivity contribution in [2.45, 2.75) is 20.0 Å². The van der Waals surface area contributed by atoms with Crippen LogP contribution in [0.1, 0.15) is 49.5 Å². The minimum absolute atomic E-state index is 0.205. The lowest BCUT2D eigenvalue weighted by Crippen LogP contribution is -2.22. The number of carbonyl (C=O) groups is 3. The Bertz CT molecular complexity index is 1100. The van der Waals surface area contributed by atoms with Crippen LogP contribution in [0.15, 0.2) is 53.3 Å². The van der Waals surface area contributed by atoms with Crippen molar-refractivity contribution in [1.82, 2.24) is 15.6 Å². The highest BCUT2D eigenvalue weighted by atomic mass is 16.5. The molecule has 0 atom stereocenters. The van der Waals surface area contributed by atoms with E-state index in [9.17, 15) is 14.4 Å². The number of amides is 2. The van der Waals surface area contributed by atoms with Crippen LogP contribution in [0.4, 0.5) is 0 Å². The van der Waals surface area contributed by atoms with Gasteiger partial charge in [0, 0.05) is 17.3 Å². The molecule has 0 spiro atoms. The summed E-state index contributed by atoms with van der Waals surface area (Å²) in [4.78, 5) is 41.5. The van der Waals surface area contributed by atoms with Crippen LogP contribution >= 0.6 is 0 Å². The third kappa shape index (κ3) is 3.67. The first-order valence-electron chi connectivity index (χ1n) is 9.46. The molecule has 0 fully saturated rings. The SMILES string of the molecule is CCOC(=O)c1cnc2c(c1-c1ccc(C(=O)NCc3ccco3)cc1)C(=O)NC2. The predicted molar refractivity (Wildman–Crippen MR) is 107 cm³/mol. The van der Waals surface area contributed by atoms with E-state index in [2.05, 4.69) is 15.6 Å². The smallest absolute Gasteiger partial charge is 0.340 e. The summed E-state index contributed by atoms with van der Waals surface area (Å²) >= 11 is 0. The summed E-state index contributed by atoms with van der Waals surface area (Å²) in [6.45, 7) is 2.49. The van der Waals surface area contributed by atoms with Crippen LogP contribution in [-0.4, -0.2) is 29.4 Å². The Morgan fingerprint density at radius 1 is 1.20 bits per heavy atom. The second-order valence-electron chi connectivity index (χ2n) is 6.61. The molecule has 2 amide bonds. The fourth-order valence-electron chi connectivity index (χ4n) is 3.32. The molecule has 0 bridgehead atoms. The van der Waals surface area contributed by atoms with E-state index in [1.165, 1.54) is 6.20 Å². The molecule has 3 heterocycles. The number of fused-ring (bicyclic) bond motifs is 1. The molecule has 2 aromatic heterocycles. The lowest BCUT2D eigenvalue weighted by Gasteiger charge is -2.13. The van der Waals surface area contributed by atoms with Crippen molar-refractivity contribution < 1.29 is 23.5 Å². The number of nitrogens with zero attached hydrogens (tertiary/aromatic N) is 1. The predicted octanol–water partition coefficient (Wildman–Crippen LogP) is 2.69. The summed E-state index contributed by atoms with van der Waals surface area (Å²) in [7, 11) is 0. The fourth-order valence-corrected chi connectivity index (χ4v) is 3.32. The van der Waals surface area contributed by atoms with Crippen LogP contribution in [0, 0.1) is 0 Å². The number of benzene rings is 1. The molecule has 1 aliphatic rings. The number of rotatable bonds is 6. The van der Waals surface area contributed by atoms with Crippen molar-refractivity contribution in [3.05, 3.63) is 77.0 Å². The Balaban J connectivity index is 1.65. The quantitative estimate of drug-likeness (QED) is 0.610. The number of esters is 1. The summed E-state index contributed by atoms with van der Waals surface area (Å²) in [5.41, 5.74) is 2.66. The number of aromatic nitrogens is 1. The maximum Gasteiger partial charge on any atom is 0.340 e. The third-order valence-electron chi connectivity index (χ3n) is 4.74. The van der Waals surface area contributed by atoms with Crippen LogP contribution in [0.2, 0.25) is 0 Å². The van der Waals surface area contributed by atoms with Crippen LogP contribution in [0.5, 0.6) is 0 Å². The minimum Gasteiger partial charge on any atom is -0.467 e. The van der Waals surface area contributed by atoms with Gasteiger partial charge in [0.2, 0.25) is 0 Å². The number of furan rings is 1. The number of pyridine rings is 1. The Morgan fingerprint density at radius 2 is 2.00 bits per heavy atom. The molecule has 1 aliphatic heterocycles. The third-order valence-corrected chi connectivity index (χ3v) is 4.74. The molecule has 152 valence electrons. The largest absolute Gasteiger partial charge is 0.467 e. The summed E-state index contributed by atoms with van der Waals surface area (Å²) in [6, 6.07) is 10.2. The lowest BCUT2D eigenvalue weighted by atomic mass is 9.94. The van der Waals surface area contributed by atoms with E-state index in [4.69, 9.17) is 9.15 Å². The number of hydrogen-bond acceptors (Lipinski definition) is 6. The maximum absolute atomic E-state index is 12.5. The van der Waals surface area contributed by atoms with E-state index >= 15 is 0 Å². The molecule has 8 nitrogen and oxygen atoms in total. The highest BCUT2D eigenvalue weighted by molar-refractivity contribution is 6.09. The first-order chi connectivity index (χ1) is 14.6. The molecular weight excluding hydrogens is 386 g/mol. The Hall–Kier alpha value is -3.94. The van der Waals surface area contributed by atoms with Gasteiger partial charge in [0.1, 0.15) is 5.76 Å². The van der Waals surface area contributed by atoms with Crippen LogP contribution in [0.25, 0.3) is 11.1 Å². The van der Waals surface area contributed by atoms with E-state index in [0.717, 1.165) is 0 Å². The monoisotopic (exact) mass is 405 g/mol. The average molecular weight is 405 g/mol. The lowest BCUT2D eigenvalue weighted by molar-refractivity contribution is 0.0526. The molecule has 0 saturated heterocycles. The molecule has 0 aliphatic carbocycles. The highest BCUT2D eigenvalue weighted by Crippen LogP contribution is 2.32. The van der Waals surface area contributed by atoms with E-state index < -0.39 is 5.97 Å². The fraction of sp³-hybridized carbons (Fsp3) is 0.182. The zero-order valence-electron chi connectivity index (χ0n) is 16.2. The van der Waals surface area contributed by atoms with Crippen molar-refractivity contribution in [2.24, 2.45) is 0 Å².